The fourth-order valence-corrected chi connectivity index (χ4v) is 1.61. The molecule has 0 bridgehead atoms. The molecule has 1 N–H and O–H groups in total. The molecule has 0 aliphatic heterocycles. The van der Waals surface area contributed by atoms with Crippen LogP contribution in [0.3, 0.4) is 0 Å². The minimum absolute atomic E-state index is 0.153. The van der Waals surface area contributed by atoms with Gasteiger partial charge in [-0.2, -0.15) is 36.3 Å². The van der Waals surface area contributed by atoms with Gasteiger partial charge >= 0.3 is 24.4 Å². The number of nitrogens with zero attached hydrogens (tertiary/aromatic N) is 4. The summed E-state index contributed by atoms with van der Waals surface area (Å²) >= 11 is 0. The predicted octanol–water partition coefficient (Wildman–Crippen LogP) is 3.41. The number of rotatable bonds is 7. The monoisotopic (exact) mass is 413 g/mol. The fourth-order valence-electron chi connectivity index (χ4n) is 1.61. The summed E-state index contributed by atoms with van der Waals surface area (Å²) in [6, 6.07) is 2.77. The van der Waals surface area contributed by atoms with Crippen molar-refractivity contribution in [2.24, 2.45) is 0 Å². The highest BCUT2D eigenvalue weighted by molar-refractivity contribution is 5.55. The molecule has 28 heavy (non-hydrogen) atoms. The van der Waals surface area contributed by atoms with Crippen molar-refractivity contribution < 1.29 is 40.7 Å². The third kappa shape index (κ3) is 7.08. The largest absolute Gasteiger partial charge is 0.454 e. The molecule has 152 valence electrons. The van der Waals surface area contributed by atoms with Gasteiger partial charge in [-0.25, -0.2) is 0 Å². The van der Waals surface area contributed by atoms with Crippen molar-refractivity contribution >= 4 is 17.3 Å². The molecule has 0 radical (unpaired) electrons. The summed E-state index contributed by atoms with van der Waals surface area (Å²) in [5.74, 6) is -0.502. The van der Waals surface area contributed by atoms with E-state index >= 15 is 0 Å². The molecular weight excluding hydrogens is 404 g/mol. The van der Waals surface area contributed by atoms with E-state index in [4.69, 9.17) is 0 Å². The van der Waals surface area contributed by atoms with E-state index in [0.717, 1.165) is 12.1 Å². The van der Waals surface area contributed by atoms with E-state index in [-0.39, 0.29) is 11.4 Å². The molecule has 1 aromatic heterocycles. The number of hydrogen-bond acceptors (Lipinski definition) is 8. The van der Waals surface area contributed by atoms with Gasteiger partial charge in [-0.1, -0.05) is 0 Å². The van der Waals surface area contributed by atoms with Crippen molar-refractivity contribution in [3.8, 4) is 12.0 Å². The first-order valence-corrected chi connectivity index (χ1v) is 7.08. The quantitative estimate of drug-likeness (QED) is 0.418. The number of nitro groups is 1. The molecule has 2 rings (SSSR count). The zero-order valence-corrected chi connectivity index (χ0v) is 13.4. The van der Waals surface area contributed by atoms with Crippen LogP contribution in [-0.2, 0) is 0 Å². The van der Waals surface area contributed by atoms with Gasteiger partial charge in [0.25, 0.3) is 5.69 Å². The van der Waals surface area contributed by atoms with Gasteiger partial charge < -0.3 is 14.8 Å². The maximum Gasteiger partial charge on any atom is 0.422 e. The van der Waals surface area contributed by atoms with Crippen molar-refractivity contribution in [2.45, 2.75) is 12.4 Å². The number of benzene rings is 1. The Hall–Kier alpha value is -3.39. The Morgan fingerprint density at radius 1 is 0.893 bits per heavy atom. The minimum Gasteiger partial charge on any atom is -0.454 e. The average molecular weight is 413 g/mol. The summed E-state index contributed by atoms with van der Waals surface area (Å²) in [7, 11) is 0. The lowest BCUT2D eigenvalue weighted by Gasteiger charge is -2.12. The highest BCUT2D eigenvalue weighted by Crippen LogP contribution is 2.23. The number of alkyl halides is 6. The van der Waals surface area contributed by atoms with Crippen LogP contribution >= 0.6 is 0 Å². The third-order valence-electron chi connectivity index (χ3n) is 2.66. The first-order chi connectivity index (χ1) is 12.9. The molecule has 0 saturated heterocycles. The van der Waals surface area contributed by atoms with Gasteiger partial charge in [-0.15, -0.1) is 4.98 Å². The van der Waals surface area contributed by atoms with Crippen LogP contribution in [0.2, 0.25) is 0 Å². The number of aromatic nitrogens is 3. The van der Waals surface area contributed by atoms with E-state index in [9.17, 15) is 36.5 Å². The van der Waals surface area contributed by atoms with Crippen LogP contribution in [0.5, 0.6) is 12.0 Å². The molecule has 0 unspecified atom stereocenters. The van der Waals surface area contributed by atoms with Crippen molar-refractivity contribution in [2.75, 3.05) is 18.5 Å². The molecule has 0 aliphatic rings. The fraction of sp³-hybridized carbons (Fsp3) is 0.308. The molecule has 0 saturated carbocycles. The summed E-state index contributed by atoms with van der Waals surface area (Å²) in [5.41, 5.74) is -0.0926. The SMILES string of the molecule is O=[N+]([O-])c1ccc(Nc2nc(OCC(F)(F)F)nc(OCC(F)(F)F)n2)cc1. The molecule has 15 heteroatoms. The number of hydrogen-bond donors (Lipinski definition) is 1. The van der Waals surface area contributed by atoms with E-state index in [1.165, 1.54) is 12.1 Å². The number of anilines is 2. The van der Waals surface area contributed by atoms with Crippen LogP contribution in [0.15, 0.2) is 24.3 Å². The van der Waals surface area contributed by atoms with E-state index < -0.39 is 48.5 Å². The van der Waals surface area contributed by atoms with E-state index in [0.29, 0.717) is 0 Å². The van der Waals surface area contributed by atoms with Crippen LogP contribution in [0.25, 0.3) is 0 Å². The summed E-state index contributed by atoms with van der Waals surface area (Å²) in [6.07, 6.45) is -9.49. The standard InChI is InChI=1S/C13H9F6N5O4/c14-12(15,16)5-27-10-21-9(22-11(23-10)28-6-13(17,18)19)20-7-1-3-8(4-2-7)24(25)26/h1-4H,5-6H2,(H,20,21,22,23). The zero-order chi connectivity index (χ0) is 20.9. The Balaban J connectivity index is 2.23. The number of nitro benzene ring substituents is 1. The molecule has 2 aromatic rings. The van der Waals surface area contributed by atoms with E-state index in [2.05, 4.69) is 29.7 Å². The molecular formula is C13H9F6N5O4. The number of ether oxygens (including phenoxy) is 2. The second-order valence-electron chi connectivity index (χ2n) is 4.96. The Kier molecular flexibility index (Phi) is 6.05. The summed E-state index contributed by atoms with van der Waals surface area (Å²) < 4.78 is 82.1. The summed E-state index contributed by atoms with van der Waals surface area (Å²) in [5, 5.41) is 13.0. The van der Waals surface area contributed by atoms with Crippen LogP contribution < -0.4 is 14.8 Å². The lowest BCUT2D eigenvalue weighted by molar-refractivity contribution is -0.384. The zero-order valence-electron chi connectivity index (χ0n) is 13.4. The van der Waals surface area contributed by atoms with E-state index in [1.807, 2.05) is 0 Å². The lowest BCUT2D eigenvalue weighted by Crippen LogP contribution is -2.22. The van der Waals surface area contributed by atoms with Crippen molar-refractivity contribution in [1.82, 2.24) is 15.0 Å². The number of nitrogens with one attached hydrogen (secondary N) is 1. The molecule has 0 fully saturated rings. The van der Waals surface area contributed by atoms with Gasteiger partial charge in [-0.3, -0.25) is 10.1 Å². The van der Waals surface area contributed by atoms with Crippen molar-refractivity contribution in [3.05, 3.63) is 34.4 Å². The molecule has 0 atom stereocenters. The molecule has 9 nitrogen and oxygen atoms in total. The van der Waals surface area contributed by atoms with Crippen molar-refractivity contribution in [1.29, 1.82) is 0 Å². The molecule has 0 spiro atoms. The topological polar surface area (TPSA) is 112 Å². The molecule has 1 heterocycles. The summed E-state index contributed by atoms with van der Waals surface area (Å²) in [4.78, 5) is 20.1. The predicted molar refractivity (Wildman–Crippen MR) is 79.3 cm³/mol. The Labute approximate surface area is 151 Å². The molecule has 0 amide bonds. The number of halogens is 6. The lowest BCUT2D eigenvalue weighted by atomic mass is 10.3. The maximum atomic E-state index is 12.2. The van der Waals surface area contributed by atoms with Gasteiger partial charge in [0.05, 0.1) is 4.92 Å². The second kappa shape index (κ2) is 8.10. The Bertz CT molecular complexity index is 791. The van der Waals surface area contributed by atoms with Gasteiger partial charge in [0.15, 0.2) is 13.2 Å². The van der Waals surface area contributed by atoms with Crippen LogP contribution in [0.4, 0.5) is 43.7 Å². The first-order valence-electron chi connectivity index (χ1n) is 7.08. The van der Waals surface area contributed by atoms with Crippen LogP contribution in [-0.4, -0.2) is 45.4 Å². The van der Waals surface area contributed by atoms with Gasteiger partial charge in [0.2, 0.25) is 5.95 Å². The first kappa shape index (κ1) is 20.9. The highest BCUT2D eigenvalue weighted by atomic mass is 19.4. The summed E-state index contributed by atoms with van der Waals surface area (Å²) in [6.45, 7) is -3.60. The van der Waals surface area contributed by atoms with Crippen molar-refractivity contribution in [3.63, 3.8) is 0 Å². The van der Waals surface area contributed by atoms with E-state index in [1.54, 1.807) is 0 Å². The highest BCUT2D eigenvalue weighted by Gasteiger charge is 2.31. The van der Waals surface area contributed by atoms with Gasteiger partial charge in [0, 0.05) is 17.8 Å². The van der Waals surface area contributed by atoms with Gasteiger partial charge in [-0.05, 0) is 12.1 Å². The average Bonchev–Trinajstić information content (AvgIpc) is 2.57. The molecule has 1 aromatic carbocycles. The Morgan fingerprint density at radius 2 is 1.36 bits per heavy atom. The smallest absolute Gasteiger partial charge is 0.422 e. The normalized spacial score (nSPS) is 11.8. The molecule has 0 aliphatic carbocycles. The minimum atomic E-state index is -4.74. The van der Waals surface area contributed by atoms with Crippen LogP contribution in [0, 0.1) is 10.1 Å². The third-order valence-corrected chi connectivity index (χ3v) is 2.66. The Morgan fingerprint density at radius 3 is 1.75 bits per heavy atom. The maximum absolute atomic E-state index is 12.2. The van der Waals surface area contributed by atoms with Gasteiger partial charge in [0.1, 0.15) is 0 Å². The second-order valence-corrected chi connectivity index (χ2v) is 4.96. The number of non-ortho nitro benzene ring substituents is 1. The van der Waals surface area contributed by atoms with Crippen LogP contribution in [0.1, 0.15) is 0 Å².